The van der Waals surface area contributed by atoms with Crippen molar-refractivity contribution in [3.05, 3.63) is 12.2 Å². The Bertz CT molecular complexity index is 228. The van der Waals surface area contributed by atoms with E-state index in [0.717, 1.165) is 0 Å². The second kappa shape index (κ2) is 2.62. The molecular formula is C13H24. The lowest BCUT2D eigenvalue weighted by Gasteiger charge is -2.54. The second-order valence-corrected chi connectivity index (χ2v) is 6.37. The minimum Gasteiger partial charge on any atom is -0.0988 e. The average molecular weight is 180 g/mol. The largest absolute Gasteiger partial charge is 0.0988 e. The highest BCUT2D eigenvalue weighted by Crippen LogP contribution is 2.58. The van der Waals surface area contributed by atoms with Crippen molar-refractivity contribution in [3.63, 3.8) is 0 Å². The van der Waals surface area contributed by atoms with Gasteiger partial charge < -0.3 is 0 Å². The van der Waals surface area contributed by atoms with Gasteiger partial charge in [0.05, 0.1) is 0 Å². The van der Waals surface area contributed by atoms with Gasteiger partial charge in [0.1, 0.15) is 0 Å². The first kappa shape index (κ1) is 10.8. The zero-order valence-electron chi connectivity index (χ0n) is 10.1. The highest BCUT2D eigenvalue weighted by atomic mass is 14.5. The summed E-state index contributed by atoms with van der Waals surface area (Å²) in [4.78, 5) is 0. The predicted octanol–water partition coefficient (Wildman–Crippen LogP) is 4.42. The van der Waals surface area contributed by atoms with Crippen molar-refractivity contribution in [2.45, 2.75) is 54.4 Å². The summed E-state index contributed by atoms with van der Waals surface area (Å²) in [6.07, 6.45) is 2.59. The van der Waals surface area contributed by atoms with Crippen LogP contribution in [-0.2, 0) is 0 Å². The Balaban J connectivity index is 3.07. The summed E-state index contributed by atoms with van der Waals surface area (Å²) in [6, 6.07) is 0. The number of hydrogen-bond acceptors (Lipinski definition) is 0. The Morgan fingerprint density at radius 1 is 0.923 bits per heavy atom. The number of rotatable bonds is 0. The minimum absolute atomic E-state index is 0.273. The first-order chi connectivity index (χ1) is 5.61. The molecule has 0 N–H and O–H groups in total. The number of allylic oxidation sites excluding steroid dienone is 1. The SMILES string of the molecule is C=C1C(C)(C)CCC(C)(C)C1(C)C. The van der Waals surface area contributed by atoms with Gasteiger partial charge in [-0.25, -0.2) is 0 Å². The summed E-state index contributed by atoms with van der Waals surface area (Å²) >= 11 is 0. The summed E-state index contributed by atoms with van der Waals surface area (Å²) in [7, 11) is 0. The molecule has 0 heteroatoms. The molecule has 0 aromatic rings. The monoisotopic (exact) mass is 180 g/mol. The Labute approximate surface area is 83.4 Å². The summed E-state index contributed by atoms with van der Waals surface area (Å²) in [6.45, 7) is 18.4. The van der Waals surface area contributed by atoms with Crippen LogP contribution in [0.2, 0.25) is 0 Å². The Kier molecular flexibility index (Phi) is 2.18. The van der Waals surface area contributed by atoms with Crippen molar-refractivity contribution in [3.8, 4) is 0 Å². The van der Waals surface area contributed by atoms with E-state index in [4.69, 9.17) is 0 Å². The molecule has 0 unspecified atom stereocenters. The first-order valence-corrected chi connectivity index (χ1v) is 5.31. The molecule has 0 aromatic heterocycles. The van der Waals surface area contributed by atoms with Gasteiger partial charge in [-0.3, -0.25) is 0 Å². The van der Waals surface area contributed by atoms with Gasteiger partial charge in [0.25, 0.3) is 0 Å². The third kappa shape index (κ3) is 1.45. The van der Waals surface area contributed by atoms with Crippen molar-refractivity contribution in [1.82, 2.24) is 0 Å². The van der Waals surface area contributed by atoms with Crippen LogP contribution in [0, 0.1) is 16.2 Å². The fourth-order valence-electron chi connectivity index (χ4n) is 2.34. The van der Waals surface area contributed by atoms with Crippen molar-refractivity contribution in [2.75, 3.05) is 0 Å². The molecular weight excluding hydrogens is 156 g/mol. The van der Waals surface area contributed by atoms with Gasteiger partial charge in [-0.05, 0) is 29.1 Å². The molecule has 1 rings (SSSR count). The Morgan fingerprint density at radius 3 is 1.77 bits per heavy atom. The molecule has 1 fully saturated rings. The Hall–Kier alpha value is -0.260. The third-order valence-corrected chi connectivity index (χ3v) is 4.64. The van der Waals surface area contributed by atoms with Crippen LogP contribution in [0.3, 0.4) is 0 Å². The maximum absolute atomic E-state index is 4.32. The van der Waals surface area contributed by atoms with Gasteiger partial charge in [-0.2, -0.15) is 0 Å². The maximum Gasteiger partial charge on any atom is -0.00909 e. The van der Waals surface area contributed by atoms with Crippen LogP contribution in [0.15, 0.2) is 12.2 Å². The average Bonchev–Trinajstić information content (AvgIpc) is 1.97. The van der Waals surface area contributed by atoms with Crippen molar-refractivity contribution in [2.24, 2.45) is 16.2 Å². The quantitative estimate of drug-likeness (QED) is 0.484. The van der Waals surface area contributed by atoms with E-state index in [1.54, 1.807) is 0 Å². The molecule has 0 nitrogen and oxygen atoms in total. The van der Waals surface area contributed by atoms with E-state index in [1.807, 2.05) is 0 Å². The number of hydrogen-bond donors (Lipinski definition) is 0. The Morgan fingerprint density at radius 2 is 1.38 bits per heavy atom. The second-order valence-electron chi connectivity index (χ2n) is 6.37. The topological polar surface area (TPSA) is 0 Å². The molecule has 0 heterocycles. The molecule has 76 valence electrons. The predicted molar refractivity (Wildman–Crippen MR) is 59.7 cm³/mol. The van der Waals surface area contributed by atoms with Crippen molar-refractivity contribution in [1.29, 1.82) is 0 Å². The molecule has 13 heavy (non-hydrogen) atoms. The van der Waals surface area contributed by atoms with E-state index in [0.29, 0.717) is 10.8 Å². The molecule has 0 aliphatic heterocycles. The van der Waals surface area contributed by atoms with Crippen LogP contribution < -0.4 is 0 Å². The first-order valence-electron chi connectivity index (χ1n) is 5.31. The molecule has 0 saturated heterocycles. The molecule has 0 bridgehead atoms. The molecule has 0 amide bonds. The lowest BCUT2D eigenvalue weighted by atomic mass is 9.51. The highest BCUT2D eigenvalue weighted by molar-refractivity contribution is 5.22. The van der Waals surface area contributed by atoms with Gasteiger partial charge in [-0.1, -0.05) is 53.7 Å². The molecule has 0 atom stereocenters. The lowest BCUT2D eigenvalue weighted by molar-refractivity contribution is 0.0561. The third-order valence-electron chi connectivity index (χ3n) is 4.64. The summed E-state index contributed by atoms with van der Waals surface area (Å²) < 4.78 is 0. The summed E-state index contributed by atoms with van der Waals surface area (Å²) in [5, 5.41) is 0. The molecule has 0 aromatic carbocycles. The fourth-order valence-corrected chi connectivity index (χ4v) is 2.34. The van der Waals surface area contributed by atoms with Crippen LogP contribution in [-0.4, -0.2) is 0 Å². The summed E-state index contributed by atoms with van der Waals surface area (Å²) in [5.41, 5.74) is 2.43. The summed E-state index contributed by atoms with van der Waals surface area (Å²) in [5.74, 6) is 0. The van der Waals surface area contributed by atoms with Crippen molar-refractivity contribution >= 4 is 0 Å². The van der Waals surface area contributed by atoms with E-state index >= 15 is 0 Å². The smallest absolute Gasteiger partial charge is 0.00909 e. The van der Waals surface area contributed by atoms with E-state index < -0.39 is 0 Å². The fraction of sp³-hybridized carbons (Fsp3) is 0.846. The zero-order chi connectivity index (χ0) is 10.5. The van der Waals surface area contributed by atoms with Gasteiger partial charge >= 0.3 is 0 Å². The molecule has 1 saturated carbocycles. The van der Waals surface area contributed by atoms with Crippen molar-refractivity contribution < 1.29 is 0 Å². The zero-order valence-corrected chi connectivity index (χ0v) is 10.1. The molecule has 1 aliphatic rings. The highest BCUT2D eigenvalue weighted by Gasteiger charge is 2.47. The van der Waals surface area contributed by atoms with Crippen LogP contribution in [0.5, 0.6) is 0 Å². The van der Waals surface area contributed by atoms with Crippen LogP contribution in [0.4, 0.5) is 0 Å². The van der Waals surface area contributed by atoms with Gasteiger partial charge in [0, 0.05) is 0 Å². The van der Waals surface area contributed by atoms with Gasteiger partial charge in [-0.15, -0.1) is 0 Å². The van der Waals surface area contributed by atoms with Crippen LogP contribution in [0.1, 0.15) is 54.4 Å². The van der Waals surface area contributed by atoms with E-state index in [2.05, 4.69) is 48.1 Å². The normalized spacial score (nSPS) is 30.2. The van der Waals surface area contributed by atoms with E-state index in [1.165, 1.54) is 18.4 Å². The molecule has 0 radical (unpaired) electrons. The molecule has 1 aliphatic carbocycles. The lowest BCUT2D eigenvalue weighted by Crippen LogP contribution is -2.44. The molecule has 0 spiro atoms. The minimum atomic E-state index is 0.273. The van der Waals surface area contributed by atoms with E-state index in [-0.39, 0.29) is 5.41 Å². The van der Waals surface area contributed by atoms with Gasteiger partial charge in [0.15, 0.2) is 0 Å². The van der Waals surface area contributed by atoms with E-state index in [9.17, 15) is 0 Å². The van der Waals surface area contributed by atoms with Crippen LogP contribution >= 0.6 is 0 Å². The standard InChI is InChI=1S/C13H24/c1-10-11(2,3)8-9-12(4,5)13(10,6)7/h1,8-9H2,2-7H3. The van der Waals surface area contributed by atoms with Crippen LogP contribution in [0.25, 0.3) is 0 Å². The maximum atomic E-state index is 4.32. The van der Waals surface area contributed by atoms with Gasteiger partial charge in [0.2, 0.25) is 0 Å².